The van der Waals surface area contributed by atoms with E-state index in [1.54, 1.807) is 55.6 Å². The zero-order valence-corrected chi connectivity index (χ0v) is 27.1. The lowest BCUT2D eigenvalue weighted by Crippen LogP contribution is -2.45. The molecule has 248 valence electrons. The number of rotatable bonds is 10. The molecule has 1 fully saturated rings. The molecule has 4 aromatic carbocycles. The van der Waals surface area contributed by atoms with Crippen LogP contribution in [-0.4, -0.2) is 72.9 Å². The number of hydrogen-bond acceptors (Lipinski definition) is 7. The van der Waals surface area contributed by atoms with Crippen molar-refractivity contribution < 1.29 is 31.1 Å². The predicted molar refractivity (Wildman–Crippen MR) is 178 cm³/mol. The normalized spacial score (nSPS) is 14.0. The number of alkyl halides is 3. The Labute approximate surface area is 272 Å². The van der Waals surface area contributed by atoms with Crippen molar-refractivity contribution in [1.29, 1.82) is 0 Å². The van der Waals surface area contributed by atoms with Crippen LogP contribution in [0.5, 0.6) is 5.75 Å². The van der Waals surface area contributed by atoms with Gasteiger partial charge in [-0.05, 0) is 61.1 Å². The van der Waals surface area contributed by atoms with Crippen LogP contribution in [0.25, 0.3) is 0 Å². The molecule has 1 heterocycles. The summed E-state index contributed by atoms with van der Waals surface area (Å²) in [6.45, 7) is 2.80. The molecule has 47 heavy (non-hydrogen) atoms. The molecule has 1 N–H and O–H groups in total. The Morgan fingerprint density at radius 2 is 1.43 bits per heavy atom. The highest BCUT2D eigenvalue weighted by molar-refractivity contribution is 7.93. The molecule has 1 aliphatic rings. The number of benzene rings is 4. The molecule has 1 aliphatic heterocycles. The molecule has 0 spiro atoms. The first-order valence-corrected chi connectivity index (χ1v) is 16.3. The SMILES string of the molecule is CN1CCN(c2cc(NCc3ccc(OC(F)(F)F)cc3)c(S(=O)(=O)N(C)c3ccccc3)cc2C(=O)N(C)c2ccccc2)CC1. The van der Waals surface area contributed by atoms with Gasteiger partial charge in [0.05, 0.1) is 22.6 Å². The van der Waals surface area contributed by atoms with Crippen LogP contribution in [0.3, 0.4) is 0 Å². The lowest BCUT2D eigenvalue weighted by atomic mass is 10.1. The van der Waals surface area contributed by atoms with Gasteiger partial charge in [0.1, 0.15) is 10.6 Å². The van der Waals surface area contributed by atoms with E-state index in [2.05, 4.69) is 19.9 Å². The van der Waals surface area contributed by atoms with Gasteiger partial charge in [0.15, 0.2) is 0 Å². The second-order valence-electron chi connectivity index (χ2n) is 11.2. The summed E-state index contributed by atoms with van der Waals surface area (Å²) >= 11 is 0. The third kappa shape index (κ3) is 7.98. The van der Waals surface area contributed by atoms with Crippen LogP contribution in [0, 0.1) is 0 Å². The number of carbonyl (C=O) groups excluding carboxylic acids is 1. The van der Waals surface area contributed by atoms with Gasteiger partial charge in [0.25, 0.3) is 15.9 Å². The second-order valence-corrected chi connectivity index (χ2v) is 13.1. The van der Waals surface area contributed by atoms with Crippen LogP contribution in [0.1, 0.15) is 15.9 Å². The minimum atomic E-state index is -4.82. The summed E-state index contributed by atoms with van der Waals surface area (Å²) in [5.41, 5.74) is 2.70. The fourth-order valence-electron chi connectivity index (χ4n) is 5.28. The molecule has 9 nitrogen and oxygen atoms in total. The molecule has 0 atom stereocenters. The van der Waals surface area contributed by atoms with E-state index in [9.17, 15) is 26.4 Å². The third-order valence-corrected chi connectivity index (χ3v) is 9.84. The summed E-state index contributed by atoms with van der Waals surface area (Å²) in [5, 5.41) is 3.19. The summed E-state index contributed by atoms with van der Waals surface area (Å²) in [5.74, 6) is -0.743. The summed E-state index contributed by atoms with van der Waals surface area (Å²) in [6.07, 6.45) is -4.82. The fraction of sp³-hybridized carbons (Fsp3) is 0.265. The van der Waals surface area contributed by atoms with Crippen LogP contribution in [0.4, 0.5) is 35.9 Å². The zero-order chi connectivity index (χ0) is 33.8. The Morgan fingerprint density at radius 3 is 2.00 bits per heavy atom. The fourth-order valence-corrected chi connectivity index (χ4v) is 6.65. The molecule has 0 aliphatic carbocycles. The summed E-state index contributed by atoms with van der Waals surface area (Å²) < 4.78 is 71.8. The van der Waals surface area contributed by atoms with E-state index in [1.807, 2.05) is 25.2 Å². The van der Waals surface area contributed by atoms with E-state index < -0.39 is 16.4 Å². The van der Waals surface area contributed by atoms with E-state index in [1.165, 1.54) is 42.3 Å². The molecular formula is C34H36F3N5O4S. The van der Waals surface area contributed by atoms with Crippen LogP contribution in [-0.2, 0) is 16.6 Å². The van der Waals surface area contributed by atoms with Crippen molar-refractivity contribution >= 4 is 38.7 Å². The average Bonchev–Trinajstić information content (AvgIpc) is 3.07. The molecule has 4 aromatic rings. The van der Waals surface area contributed by atoms with Gasteiger partial charge in [-0.1, -0.05) is 48.5 Å². The largest absolute Gasteiger partial charge is 0.573 e. The molecule has 0 bridgehead atoms. The van der Waals surface area contributed by atoms with Gasteiger partial charge in [0, 0.05) is 52.5 Å². The van der Waals surface area contributed by atoms with Crippen molar-refractivity contribution in [1.82, 2.24) is 4.90 Å². The Morgan fingerprint density at radius 1 is 0.851 bits per heavy atom. The molecular weight excluding hydrogens is 631 g/mol. The van der Waals surface area contributed by atoms with Crippen molar-refractivity contribution in [3.05, 3.63) is 108 Å². The van der Waals surface area contributed by atoms with Crippen molar-refractivity contribution in [2.24, 2.45) is 0 Å². The third-order valence-electron chi connectivity index (χ3n) is 8.02. The average molecular weight is 668 g/mol. The molecule has 0 unspecified atom stereocenters. The van der Waals surface area contributed by atoms with E-state index in [0.717, 1.165) is 17.4 Å². The zero-order valence-electron chi connectivity index (χ0n) is 26.2. The maximum Gasteiger partial charge on any atom is 0.573 e. The van der Waals surface area contributed by atoms with Crippen LogP contribution in [0.2, 0.25) is 0 Å². The standard InChI is InChI=1S/C34H36F3N5O4S/c1-39-18-20-42(21-19-39)31-23-30(38-24-25-14-16-28(17-15-25)46-34(35,36)37)32(47(44,45)41(3)27-12-8-5-9-13-27)22-29(31)33(43)40(2)26-10-6-4-7-11-26/h4-17,22-23,38H,18-21,24H2,1-3H3. The van der Waals surface area contributed by atoms with Crippen molar-refractivity contribution in [3.8, 4) is 5.75 Å². The maximum absolute atomic E-state index is 14.3. The first-order valence-electron chi connectivity index (χ1n) is 14.9. The van der Waals surface area contributed by atoms with Crippen molar-refractivity contribution in [2.45, 2.75) is 17.8 Å². The summed E-state index contributed by atoms with van der Waals surface area (Å²) in [6, 6.07) is 26.1. The maximum atomic E-state index is 14.3. The van der Waals surface area contributed by atoms with Crippen LogP contribution < -0.4 is 24.2 Å². The molecule has 1 amide bonds. The number of anilines is 4. The van der Waals surface area contributed by atoms with Crippen molar-refractivity contribution in [2.75, 3.05) is 66.7 Å². The van der Waals surface area contributed by atoms with Gasteiger partial charge in [-0.15, -0.1) is 13.2 Å². The number of sulfonamides is 1. The number of amides is 1. The number of carbonyl (C=O) groups is 1. The minimum Gasteiger partial charge on any atom is -0.406 e. The van der Waals surface area contributed by atoms with Crippen LogP contribution >= 0.6 is 0 Å². The Balaban J connectivity index is 1.60. The second kappa shape index (κ2) is 13.9. The smallest absolute Gasteiger partial charge is 0.406 e. The highest BCUT2D eigenvalue weighted by Crippen LogP contribution is 2.36. The number of nitrogens with zero attached hydrogens (tertiary/aromatic N) is 4. The quantitative estimate of drug-likeness (QED) is 0.221. The summed E-state index contributed by atoms with van der Waals surface area (Å²) in [7, 11) is 0.876. The lowest BCUT2D eigenvalue weighted by Gasteiger charge is -2.36. The Kier molecular flexibility index (Phi) is 9.96. The van der Waals surface area contributed by atoms with Gasteiger partial charge in [-0.25, -0.2) is 8.42 Å². The highest BCUT2D eigenvalue weighted by atomic mass is 32.2. The number of piperazine rings is 1. The van der Waals surface area contributed by atoms with E-state index >= 15 is 0 Å². The number of ether oxygens (including phenoxy) is 1. The highest BCUT2D eigenvalue weighted by Gasteiger charge is 2.32. The molecule has 0 aromatic heterocycles. The number of likely N-dealkylation sites (N-methyl/N-ethyl adjacent to an activating group) is 1. The topological polar surface area (TPSA) is 85.4 Å². The molecule has 0 radical (unpaired) electrons. The Bertz CT molecular complexity index is 1780. The van der Waals surface area contributed by atoms with Gasteiger partial charge in [-0.3, -0.25) is 9.10 Å². The predicted octanol–water partition coefficient (Wildman–Crippen LogP) is 6.05. The van der Waals surface area contributed by atoms with Gasteiger partial charge >= 0.3 is 6.36 Å². The van der Waals surface area contributed by atoms with Gasteiger partial charge < -0.3 is 24.8 Å². The van der Waals surface area contributed by atoms with E-state index in [-0.39, 0.29) is 34.3 Å². The van der Waals surface area contributed by atoms with Crippen molar-refractivity contribution in [3.63, 3.8) is 0 Å². The monoisotopic (exact) mass is 667 g/mol. The number of para-hydroxylation sites is 2. The van der Waals surface area contributed by atoms with Gasteiger partial charge in [-0.2, -0.15) is 0 Å². The Hall–Kier alpha value is -4.75. The number of halogens is 3. The molecule has 1 saturated heterocycles. The summed E-state index contributed by atoms with van der Waals surface area (Å²) in [4.78, 5) is 19.8. The van der Waals surface area contributed by atoms with Crippen LogP contribution in [0.15, 0.2) is 102 Å². The molecule has 13 heteroatoms. The number of nitrogens with one attached hydrogen (secondary N) is 1. The lowest BCUT2D eigenvalue weighted by molar-refractivity contribution is -0.274. The molecule has 0 saturated carbocycles. The first kappa shape index (κ1) is 33.6. The van der Waals surface area contributed by atoms with E-state index in [4.69, 9.17) is 0 Å². The first-order chi connectivity index (χ1) is 22.3. The minimum absolute atomic E-state index is 0.0866. The van der Waals surface area contributed by atoms with Gasteiger partial charge in [0.2, 0.25) is 0 Å². The van der Waals surface area contributed by atoms with E-state index in [0.29, 0.717) is 35.7 Å². The molecule has 5 rings (SSSR count). The number of hydrogen-bond donors (Lipinski definition) is 1.